The molecule has 0 bridgehead atoms. The predicted molar refractivity (Wildman–Crippen MR) is 112 cm³/mol. The standard InChI is InChI=1S/C23H17F2NO3S/c1-13-5-6-15(10-14(13)2)20-21(30-12-17-4-3-9-29-17)23(28)26(22(20)27)19-11-16(24)7-8-18(19)25/h3-11H,12H2,1-2H3. The van der Waals surface area contributed by atoms with Crippen molar-refractivity contribution in [2.75, 3.05) is 4.90 Å². The molecular weight excluding hydrogens is 408 g/mol. The average molecular weight is 425 g/mol. The number of amides is 2. The first kappa shape index (κ1) is 20.1. The van der Waals surface area contributed by atoms with E-state index < -0.39 is 29.1 Å². The summed E-state index contributed by atoms with van der Waals surface area (Å²) in [5, 5.41) is 0. The van der Waals surface area contributed by atoms with Gasteiger partial charge in [-0.25, -0.2) is 13.7 Å². The molecule has 2 aromatic carbocycles. The van der Waals surface area contributed by atoms with Crippen molar-refractivity contribution in [3.8, 4) is 0 Å². The molecule has 0 N–H and O–H groups in total. The summed E-state index contributed by atoms with van der Waals surface area (Å²) in [7, 11) is 0. The van der Waals surface area contributed by atoms with Crippen LogP contribution in [0.25, 0.3) is 5.57 Å². The number of aryl methyl sites for hydroxylation is 2. The number of halogens is 2. The molecule has 4 nitrogen and oxygen atoms in total. The van der Waals surface area contributed by atoms with E-state index in [2.05, 4.69) is 0 Å². The largest absolute Gasteiger partial charge is 0.468 e. The Morgan fingerprint density at radius 2 is 1.77 bits per heavy atom. The van der Waals surface area contributed by atoms with E-state index in [-0.39, 0.29) is 10.5 Å². The summed E-state index contributed by atoms with van der Waals surface area (Å²) in [5.74, 6) is -2.02. The number of anilines is 1. The molecule has 0 unspecified atom stereocenters. The van der Waals surface area contributed by atoms with E-state index in [4.69, 9.17) is 4.42 Å². The highest BCUT2D eigenvalue weighted by molar-refractivity contribution is 8.03. The minimum absolute atomic E-state index is 0.170. The van der Waals surface area contributed by atoms with Crippen LogP contribution in [-0.2, 0) is 15.3 Å². The summed E-state index contributed by atoms with van der Waals surface area (Å²) in [5.41, 5.74) is 2.31. The van der Waals surface area contributed by atoms with Gasteiger partial charge in [-0.1, -0.05) is 18.2 Å². The number of nitrogens with zero attached hydrogens (tertiary/aromatic N) is 1. The molecule has 30 heavy (non-hydrogen) atoms. The summed E-state index contributed by atoms with van der Waals surface area (Å²) in [6, 6.07) is 11.6. The third kappa shape index (κ3) is 3.57. The van der Waals surface area contributed by atoms with Crippen molar-refractivity contribution in [3.63, 3.8) is 0 Å². The summed E-state index contributed by atoms with van der Waals surface area (Å²) in [6.45, 7) is 3.84. The molecule has 0 fully saturated rings. The van der Waals surface area contributed by atoms with Gasteiger partial charge in [0.25, 0.3) is 11.8 Å². The fraction of sp³-hybridized carbons (Fsp3) is 0.130. The summed E-state index contributed by atoms with van der Waals surface area (Å²) < 4.78 is 33.5. The van der Waals surface area contributed by atoms with Crippen molar-refractivity contribution >= 4 is 34.8 Å². The molecule has 1 aliphatic heterocycles. The van der Waals surface area contributed by atoms with Crippen molar-refractivity contribution in [2.24, 2.45) is 0 Å². The molecule has 2 heterocycles. The van der Waals surface area contributed by atoms with Gasteiger partial charge in [-0.15, -0.1) is 11.8 Å². The number of furan rings is 1. The van der Waals surface area contributed by atoms with Gasteiger partial charge >= 0.3 is 0 Å². The second-order valence-corrected chi connectivity index (χ2v) is 7.90. The molecule has 0 radical (unpaired) electrons. The number of benzene rings is 2. The Kier molecular flexibility index (Phi) is 5.30. The first-order valence-electron chi connectivity index (χ1n) is 9.17. The van der Waals surface area contributed by atoms with Gasteiger partial charge in [0.15, 0.2) is 0 Å². The van der Waals surface area contributed by atoms with Crippen LogP contribution in [-0.4, -0.2) is 11.8 Å². The van der Waals surface area contributed by atoms with Crippen LogP contribution in [0.5, 0.6) is 0 Å². The number of imide groups is 1. The zero-order chi connectivity index (χ0) is 21.4. The Morgan fingerprint density at radius 3 is 2.47 bits per heavy atom. The van der Waals surface area contributed by atoms with Gasteiger partial charge in [0.2, 0.25) is 0 Å². The predicted octanol–water partition coefficient (Wildman–Crippen LogP) is 5.39. The SMILES string of the molecule is Cc1ccc(C2=C(SCc3ccco3)C(=O)N(c3cc(F)ccc3F)C2=O)cc1C. The Bertz CT molecular complexity index is 1190. The summed E-state index contributed by atoms with van der Waals surface area (Å²) in [6.07, 6.45) is 1.52. The molecule has 0 atom stereocenters. The molecule has 152 valence electrons. The van der Waals surface area contributed by atoms with Crippen LogP contribution in [0.4, 0.5) is 14.5 Å². The van der Waals surface area contributed by atoms with Gasteiger partial charge in [-0.05, 0) is 54.8 Å². The molecule has 3 aromatic rings. The minimum atomic E-state index is -0.852. The topological polar surface area (TPSA) is 50.5 Å². The Hall–Kier alpha value is -3.19. The molecular formula is C23H17F2NO3S. The van der Waals surface area contributed by atoms with E-state index in [0.717, 1.165) is 41.1 Å². The normalized spacial score (nSPS) is 14.2. The molecule has 7 heteroatoms. The van der Waals surface area contributed by atoms with E-state index in [1.807, 2.05) is 26.0 Å². The van der Waals surface area contributed by atoms with Crippen LogP contribution in [0.3, 0.4) is 0 Å². The number of thioether (sulfide) groups is 1. The van der Waals surface area contributed by atoms with Crippen LogP contribution < -0.4 is 4.90 Å². The lowest BCUT2D eigenvalue weighted by molar-refractivity contribution is -0.119. The molecule has 2 amide bonds. The van der Waals surface area contributed by atoms with E-state index in [9.17, 15) is 18.4 Å². The van der Waals surface area contributed by atoms with Crippen molar-refractivity contribution in [1.82, 2.24) is 0 Å². The Morgan fingerprint density at radius 1 is 0.967 bits per heavy atom. The molecule has 0 saturated heterocycles. The van der Waals surface area contributed by atoms with Crippen molar-refractivity contribution in [1.29, 1.82) is 0 Å². The summed E-state index contributed by atoms with van der Waals surface area (Å²) >= 11 is 1.13. The van der Waals surface area contributed by atoms with Crippen molar-refractivity contribution < 1.29 is 22.8 Å². The monoisotopic (exact) mass is 425 g/mol. The highest BCUT2D eigenvalue weighted by Crippen LogP contribution is 2.40. The molecule has 1 aromatic heterocycles. The smallest absolute Gasteiger partial charge is 0.272 e. The average Bonchev–Trinajstić information content (AvgIpc) is 3.31. The van der Waals surface area contributed by atoms with E-state index in [1.54, 1.807) is 18.2 Å². The maximum Gasteiger partial charge on any atom is 0.272 e. The number of rotatable bonds is 5. The molecule has 1 aliphatic rings. The van der Waals surface area contributed by atoms with E-state index in [1.165, 1.54) is 6.26 Å². The second-order valence-electron chi connectivity index (χ2n) is 6.91. The van der Waals surface area contributed by atoms with Gasteiger partial charge in [-0.3, -0.25) is 9.59 Å². The van der Waals surface area contributed by atoms with Gasteiger partial charge in [0.05, 0.1) is 28.2 Å². The highest BCUT2D eigenvalue weighted by atomic mass is 32.2. The lowest BCUT2D eigenvalue weighted by atomic mass is 10.0. The fourth-order valence-corrected chi connectivity index (χ4v) is 4.22. The molecule has 0 saturated carbocycles. The number of hydrogen-bond donors (Lipinski definition) is 0. The zero-order valence-electron chi connectivity index (χ0n) is 16.2. The molecule has 4 rings (SSSR count). The van der Waals surface area contributed by atoms with Crippen molar-refractivity contribution in [2.45, 2.75) is 19.6 Å². The minimum Gasteiger partial charge on any atom is -0.468 e. The first-order valence-corrected chi connectivity index (χ1v) is 10.2. The van der Waals surface area contributed by atoms with Gasteiger partial charge < -0.3 is 4.42 Å². The maximum absolute atomic E-state index is 14.4. The summed E-state index contributed by atoms with van der Waals surface area (Å²) in [4.78, 5) is 27.3. The van der Waals surface area contributed by atoms with E-state index >= 15 is 0 Å². The first-order chi connectivity index (χ1) is 14.4. The van der Waals surface area contributed by atoms with Crippen LogP contribution in [0.1, 0.15) is 22.5 Å². The third-order valence-electron chi connectivity index (χ3n) is 4.92. The lowest BCUT2D eigenvalue weighted by Crippen LogP contribution is -2.32. The van der Waals surface area contributed by atoms with Gasteiger partial charge in [0, 0.05) is 6.07 Å². The van der Waals surface area contributed by atoms with Crippen LogP contribution in [0.2, 0.25) is 0 Å². The Labute approximate surface area is 176 Å². The number of carbonyl (C=O) groups excluding carboxylic acids is 2. The van der Waals surface area contributed by atoms with Crippen LogP contribution in [0.15, 0.2) is 64.1 Å². The fourth-order valence-electron chi connectivity index (χ4n) is 3.21. The second kappa shape index (κ2) is 7.91. The number of hydrogen-bond acceptors (Lipinski definition) is 4. The van der Waals surface area contributed by atoms with Gasteiger partial charge in [0.1, 0.15) is 17.4 Å². The quantitative estimate of drug-likeness (QED) is 0.514. The highest BCUT2D eigenvalue weighted by Gasteiger charge is 2.41. The number of carbonyl (C=O) groups is 2. The molecule has 0 spiro atoms. The Balaban J connectivity index is 1.81. The molecule has 0 aliphatic carbocycles. The lowest BCUT2D eigenvalue weighted by Gasteiger charge is -2.16. The van der Waals surface area contributed by atoms with E-state index in [0.29, 0.717) is 22.0 Å². The van der Waals surface area contributed by atoms with Crippen LogP contribution >= 0.6 is 11.8 Å². The zero-order valence-corrected chi connectivity index (χ0v) is 17.1. The van der Waals surface area contributed by atoms with Crippen LogP contribution in [0, 0.1) is 25.5 Å². The van der Waals surface area contributed by atoms with Gasteiger partial charge in [-0.2, -0.15) is 0 Å². The maximum atomic E-state index is 14.4. The third-order valence-corrected chi connectivity index (χ3v) is 6.02. The van der Waals surface area contributed by atoms with Crippen molar-refractivity contribution in [3.05, 3.63) is 93.8 Å².